The van der Waals surface area contributed by atoms with Gasteiger partial charge in [-0.1, -0.05) is 24.3 Å². The minimum Gasteiger partial charge on any atom is -0.484 e. The SMILES string of the molecule is Cn1c(CCc2ccc(NC(=O)COc3ccc(F)cc3)cc2)nc2ccccc21. The second-order valence-electron chi connectivity index (χ2n) is 7.06. The summed E-state index contributed by atoms with van der Waals surface area (Å²) >= 11 is 0. The Hall–Kier alpha value is -3.67. The average Bonchev–Trinajstić information content (AvgIpc) is 3.09. The summed E-state index contributed by atoms with van der Waals surface area (Å²) in [5.74, 6) is 0.880. The normalized spacial score (nSPS) is 10.9. The molecule has 0 atom stereocenters. The summed E-state index contributed by atoms with van der Waals surface area (Å²) in [7, 11) is 2.04. The smallest absolute Gasteiger partial charge is 0.262 e. The van der Waals surface area contributed by atoms with Crippen molar-refractivity contribution in [3.05, 3.63) is 90.0 Å². The molecule has 0 radical (unpaired) electrons. The van der Waals surface area contributed by atoms with Crippen molar-refractivity contribution in [1.29, 1.82) is 0 Å². The fraction of sp³-hybridized carbons (Fsp3) is 0.167. The van der Waals surface area contributed by atoms with Crippen LogP contribution in [0.3, 0.4) is 0 Å². The van der Waals surface area contributed by atoms with Crippen LogP contribution in [0.1, 0.15) is 11.4 Å². The largest absolute Gasteiger partial charge is 0.484 e. The number of fused-ring (bicyclic) bond motifs is 1. The third-order valence-electron chi connectivity index (χ3n) is 4.94. The van der Waals surface area contributed by atoms with Crippen molar-refractivity contribution < 1.29 is 13.9 Å². The van der Waals surface area contributed by atoms with Crippen LogP contribution in [0.15, 0.2) is 72.8 Å². The number of hydrogen-bond acceptors (Lipinski definition) is 3. The molecule has 0 aliphatic carbocycles. The van der Waals surface area contributed by atoms with E-state index in [-0.39, 0.29) is 18.3 Å². The number of benzene rings is 3. The van der Waals surface area contributed by atoms with Crippen molar-refractivity contribution in [3.63, 3.8) is 0 Å². The first-order valence-electron chi connectivity index (χ1n) is 9.76. The van der Waals surface area contributed by atoms with Gasteiger partial charge in [-0.3, -0.25) is 4.79 Å². The van der Waals surface area contributed by atoms with Gasteiger partial charge in [-0.2, -0.15) is 0 Å². The van der Waals surface area contributed by atoms with Crippen LogP contribution in [0.2, 0.25) is 0 Å². The van der Waals surface area contributed by atoms with E-state index in [2.05, 4.69) is 16.0 Å². The lowest BCUT2D eigenvalue weighted by molar-refractivity contribution is -0.118. The molecule has 0 saturated carbocycles. The Morgan fingerprint density at radius 3 is 2.47 bits per heavy atom. The fourth-order valence-corrected chi connectivity index (χ4v) is 3.31. The molecule has 0 spiro atoms. The lowest BCUT2D eigenvalue weighted by Crippen LogP contribution is -2.20. The van der Waals surface area contributed by atoms with E-state index in [1.807, 2.05) is 49.5 Å². The second-order valence-corrected chi connectivity index (χ2v) is 7.06. The predicted octanol–water partition coefficient (Wildman–Crippen LogP) is 4.52. The van der Waals surface area contributed by atoms with Gasteiger partial charge in [-0.15, -0.1) is 0 Å². The zero-order valence-electron chi connectivity index (χ0n) is 16.6. The van der Waals surface area contributed by atoms with Gasteiger partial charge in [-0.05, 0) is 60.5 Å². The van der Waals surface area contributed by atoms with Crippen LogP contribution in [0.5, 0.6) is 5.75 Å². The number of carbonyl (C=O) groups is 1. The quantitative estimate of drug-likeness (QED) is 0.494. The molecule has 4 aromatic rings. The molecule has 1 amide bonds. The number of hydrogen-bond donors (Lipinski definition) is 1. The first kappa shape index (κ1) is 19.6. The molecule has 1 aromatic heterocycles. The van der Waals surface area contributed by atoms with Crippen LogP contribution in [0.25, 0.3) is 11.0 Å². The van der Waals surface area contributed by atoms with E-state index in [0.29, 0.717) is 11.4 Å². The molecule has 0 unspecified atom stereocenters. The van der Waals surface area contributed by atoms with E-state index in [1.54, 1.807) is 0 Å². The van der Waals surface area contributed by atoms with Gasteiger partial charge in [0.1, 0.15) is 17.4 Å². The summed E-state index contributed by atoms with van der Waals surface area (Å²) in [5, 5.41) is 2.80. The van der Waals surface area contributed by atoms with Crippen molar-refractivity contribution in [1.82, 2.24) is 9.55 Å². The lowest BCUT2D eigenvalue weighted by atomic mass is 10.1. The summed E-state index contributed by atoms with van der Waals surface area (Å²) in [6.07, 6.45) is 1.70. The van der Waals surface area contributed by atoms with Crippen molar-refractivity contribution in [2.45, 2.75) is 12.8 Å². The standard InChI is InChI=1S/C24H22FN3O2/c1-28-22-5-3-2-4-21(22)27-23(28)15-8-17-6-11-19(12-7-17)26-24(29)16-30-20-13-9-18(25)10-14-20/h2-7,9-14H,8,15-16H2,1H3,(H,26,29). The Morgan fingerprint density at radius 1 is 1.00 bits per heavy atom. The van der Waals surface area contributed by atoms with Gasteiger partial charge in [0.25, 0.3) is 5.91 Å². The molecular weight excluding hydrogens is 381 g/mol. The Labute approximate surface area is 174 Å². The molecule has 152 valence electrons. The number of nitrogens with zero attached hydrogens (tertiary/aromatic N) is 2. The maximum Gasteiger partial charge on any atom is 0.262 e. The number of aryl methyl sites for hydroxylation is 3. The maximum absolute atomic E-state index is 12.9. The van der Waals surface area contributed by atoms with Gasteiger partial charge in [0.2, 0.25) is 0 Å². The molecule has 0 fully saturated rings. The number of halogens is 1. The maximum atomic E-state index is 12.9. The van der Waals surface area contributed by atoms with E-state index < -0.39 is 0 Å². The summed E-state index contributed by atoms with van der Waals surface area (Å²) in [6, 6.07) is 21.4. The first-order chi connectivity index (χ1) is 14.6. The molecule has 6 heteroatoms. The lowest BCUT2D eigenvalue weighted by Gasteiger charge is -2.08. The molecular formula is C24H22FN3O2. The van der Waals surface area contributed by atoms with Crippen LogP contribution in [-0.2, 0) is 24.7 Å². The van der Waals surface area contributed by atoms with E-state index in [9.17, 15) is 9.18 Å². The third kappa shape index (κ3) is 4.66. The first-order valence-corrected chi connectivity index (χ1v) is 9.76. The summed E-state index contributed by atoms with van der Waals surface area (Å²) < 4.78 is 20.4. The molecule has 0 saturated heterocycles. The number of aromatic nitrogens is 2. The van der Waals surface area contributed by atoms with E-state index in [0.717, 1.165) is 29.7 Å². The summed E-state index contributed by atoms with van der Waals surface area (Å²) in [4.78, 5) is 16.8. The number of para-hydroxylation sites is 2. The molecule has 1 N–H and O–H groups in total. The van der Waals surface area contributed by atoms with Crippen LogP contribution in [0, 0.1) is 5.82 Å². The van der Waals surface area contributed by atoms with E-state index in [4.69, 9.17) is 9.72 Å². The van der Waals surface area contributed by atoms with Gasteiger partial charge in [0, 0.05) is 19.2 Å². The molecule has 1 heterocycles. The van der Waals surface area contributed by atoms with E-state index in [1.165, 1.54) is 29.8 Å². The highest BCUT2D eigenvalue weighted by molar-refractivity contribution is 5.91. The highest BCUT2D eigenvalue weighted by Gasteiger charge is 2.08. The van der Waals surface area contributed by atoms with Crippen molar-refractivity contribution in [3.8, 4) is 5.75 Å². The topological polar surface area (TPSA) is 56.2 Å². The van der Waals surface area contributed by atoms with Crippen LogP contribution >= 0.6 is 0 Å². The number of carbonyl (C=O) groups excluding carboxylic acids is 1. The molecule has 5 nitrogen and oxygen atoms in total. The monoisotopic (exact) mass is 403 g/mol. The molecule has 0 bridgehead atoms. The van der Waals surface area contributed by atoms with Crippen molar-refractivity contribution >= 4 is 22.6 Å². The van der Waals surface area contributed by atoms with Gasteiger partial charge in [0.05, 0.1) is 11.0 Å². The van der Waals surface area contributed by atoms with Gasteiger partial charge in [-0.25, -0.2) is 9.37 Å². The Bertz CT molecular complexity index is 1150. The van der Waals surface area contributed by atoms with Gasteiger partial charge in [0.15, 0.2) is 6.61 Å². The van der Waals surface area contributed by atoms with Crippen LogP contribution in [-0.4, -0.2) is 22.1 Å². The number of ether oxygens (including phenoxy) is 1. The number of imidazole rings is 1. The fourth-order valence-electron chi connectivity index (χ4n) is 3.31. The summed E-state index contributed by atoms with van der Waals surface area (Å²) in [6.45, 7) is -0.139. The average molecular weight is 403 g/mol. The molecule has 30 heavy (non-hydrogen) atoms. The molecule has 0 aliphatic heterocycles. The van der Waals surface area contributed by atoms with Gasteiger partial charge < -0.3 is 14.6 Å². The highest BCUT2D eigenvalue weighted by Crippen LogP contribution is 2.17. The number of nitrogens with one attached hydrogen (secondary N) is 1. The molecule has 4 rings (SSSR count). The highest BCUT2D eigenvalue weighted by atomic mass is 19.1. The number of anilines is 1. The Morgan fingerprint density at radius 2 is 1.73 bits per heavy atom. The zero-order chi connectivity index (χ0) is 20.9. The number of amides is 1. The number of rotatable bonds is 7. The van der Waals surface area contributed by atoms with Crippen molar-refractivity contribution in [2.24, 2.45) is 7.05 Å². The van der Waals surface area contributed by atoms with Crippen LogP contribution in [0.4, 0.5) is 10.1 Å². The zero-order valence-corrected chi connectivity index (χ0v) is 16.6. The van der Waals surface area contributed by atoms with Crippen LogP contribution < -0.4 is 10.1 Å². The molecule has 3 aromatic carbocycles. The Kier molecular flexibility index (Phi) is 5.75. The third-order valence-corrected chi connectivity index (χ3v) is 4.94. The Balaban J connectivity index is 1.29. The van der Waals surface area contributed by atoms with E-state index >= 15 is 0 Å². The second kappa shape index (κ2) is 8.78. The minimum atomic E-state index is -0.344. The predicted molar refractivity (Wildman–Crippen MR) is 115 cm³/mol. The van der Waals surface area contributed by atoms with Gasteiger partial charge >= 0.3 is 0 Å². The molecule has 0 aliphatic rings. The minimum absolute atomic E-state index is 0.139. The summed E-state index contributed by atoms with van der Waals surface area (Å²) in [5.41, 5.74) is 4.01. The van der Waals surface area contributed by atoms with Crippen molar-refractivity contribution in [2.75, 3.05) is 11.9 Å².